The average molecular weight is 474 g/mol. The topological polar surface area (TPSA) is 90.4 Å². The van der Waals surface area contributed by atoms with Crippen molar-refractivity contribution in [3.05, 3.63) is 24.3 Å². The number of hydrogen-bond donors (Lipinski definition) is 1. The molecule has 4 rings (SSSR count). The molecule has 4 heterocycles. The quantitative estimate of drug-likeness (QED) is 0.627. The largest absolute Gasteiger partial charge is 0.394 e. The third-order valence-electron chi connectivity index (χ3n) is 8.35. The Morgan fingerprint density at radius 2 is 1.74 bits per heavy atom. The highest BCUT2D eigenvalue weighted by Crippen LogP contribution is 2.58. The van der Waals surface area contributed by atoms with Crippen molar-refractivity contribution < 1.29 is 24.2 Å². The highest BCUT2D eigenvalue weighted by Gasteiger charge is 2.75. The SMILES string of the molecule is CC[C@H](C)[C@H](CO)N1C(=O)[C@@H]2[C@H]3C(=O)N(C)CC=C[C@@]3(C)O[C@@]23C=CCN(C(C)(C)C)C(=O)C13. The smallest absolute Gasteiger partial charge is 0.249 e. The van der Waals surface area contributed by atoms with Crippen LogP contribution in [0.3, 0.4) is 0 Å². The Bertz CT molecular complexity index is 939. The molecule has 8 nitrogen and oxygen atoms in total. The van der Waals surface area contributed by atoms with Gasteiger partial charge in [0.2, 0.25) is 17.7 Å². The number of amides is 3. The molecule has 0 aromatic heterocycles. The first-order valence-corrected chi connectivity index (χ1v) is 12.4. The highest BCUT2D eigenvalue weighted by molar-refractivity contribution is 6.00. The molecule has 8 heteroatoms. The van der Waals surface area contributed by atoms with E-state index in [1.807, 2.05) is 65.8 Å². The Balaban J connectivity index is 1.94. The maximum absolute atomic E-state index is 14.3. The lowest BCUT2D eigenvalue weighted by molar-refractivity contribution is -0.159. The van der Waals surface area contributed by atoms with Crippen LogP contribution in [0.4, 0.5) is 0 Å². The summed E-state index contributed by atoms with van der Waals surface area (Å²) >= 11 is 0. The summed E-state index contributed by atoms with van der Waals surface area (Å²) in [4.78, 5) is 47.0. The van der Waals surface area contributed by atoms with E-state index < -0.39 is 40.7 Å². The zero-order valence-corrected chi connectivity index (χ0v) is 21.4. The number of nitrogens with zero attached hydrogens (tertiary/aromatic N) is 3. The number of ether oxygens (including phenoxy) is 1. The van der Waals surface area contributed by atoms with Gasteiger partial charge in [0.25, 0.3) is 0 Å². The summed E-state index contributed by atoms with van der Waals surface area (Å²) in [7, 11) is 1.73. The fourth-order valence-corrected chi connectivity index (χ4v) is 6.36. The van der Waals surface area contributed by atoms with Crippen LogP contribution in [0.2, 0.25) is 0 Å². The first-order chi connectivity index (χ1) is 15.8. The van der Waals surface area contributed by atoms with Gasteiger partial charge in [-0.3, -0.25) is 14.4 Å². The van der Waals surface area contributed by atoms with Crippen molar-refractivity contribution in [1.82, 2.24) is 14.7 Å². The van der Waals surface area contributed by atoms with Crippen LogP contribution >= 0.6 is 0 Å². The zero-order chi connectivity index (χ0) is 25.2. The maximum Gasteiger partial charge on any atom is 0.249 e. The predicted molar refractivity (Wildman–Crippen MR) is 128 cm³/mol. The molecule has 4 aliphatic heterocycles. The number of carbonyl (C=O) groups excluding carboxylic acids is 3. The molecule has 0 aliphatic carbocycles. The summed E-state index contributed by atoms with van der Waals surface area (Å²) in [6, 6.07) is -1.50. The summed E-state index contributed by atoms with van der Waals surface area (Å²) in [5.41, 5.74) is -2.78. The predicted octanol–water partition coefficient (Wildman–Crippen LogP) is 1.59. The normalized spacial score (nSPS) is 37.4. The number of aliphatic hydroxyl groups is 1. The Kier molecular flexibility index (Phi) is 6.00. The van der Waals surface area contributed by atoms with Crippen molar-refractivity contribution in [2.45, 2.75) is 76.8 Å². The lowest BCUT2D eigenvalue weighted by atomic mass is 9.74. The van der Waals surface area contributed by atoms with E-state index in [4.69, 9.17) is 4.74 Å². The number of rotatable bonds is 4. The maximum atomic E-state index is 14.3. The molecule has 3 amide bonds. The Labute approximate surface area is 202 Å². The van der Waals surface area contributed by atoms with Gasteiger partial charge in [-0.15, -0.1) is 0 Å². The first-order valence-electron chi connectivity index (χ1n) is 12.4. The lowest BCUT2D eigenvalue weighted by Gasteiger charge is -2.44. The molecule has 1 unspecified atom stereocenters. The van der Waals surface area contributed by atoms with E-state index in [0.29, 0.717) is 13.1 Å². The van der Waals surface area contributed by atoms with E-state index >= 15 is 0 Å². The second-order valence-electron chi connectivity index (χ2n) is 11.5. The minimum atomic E-state index is -1.29. The van der Waals surface area contributed by atoms with Gasteiger partial charge in [-0.05, 0) is 33.6 Å². The molecule has 0 bridgehead atoms. The number of aliphatic hydroxyl groups excluding tert-OH is 1. The zero-order valence-electron chi connectivity index (χ0n) is 21.4. The third kappa shape index (κ3) is 3.36. The minimum Gasteiger partial charge on any atom is -0.394 e. The van der Waals surface area contributed by atoms with Crippen LogP contribution in [0.5, 0.6) is 0 Å². The van der Waals surface area contributed by atoms with Crippen molar-refractivity contribution in [3.8, 4) is 0 Å². The first kappa shape index (κ1) is 24.9. The van der Waals surface area contributed by atoms with Crippen LogP contribution in [0.25, 0.3) is 0 Å². The average Bonchev–Trinajstić information content (AvgIpc) is 3.03. The third-order valence-corrected chi connectivity index (χ3v) is 8.35. The van der Waals surface area contributed by atoms with Crippen molar-refractivity contribution in [2.75, 3.05) is 26.7 Å². The van der Waals surface area contributed by atoms with E-state index in [1.54, 1.807) is 21.7 Å². The van der Waals surface area contributed by atoms with Crippen molar-refractivity contribution >= 4 is 17.7 Å². The van der Waals surface area contributed by atoms with Gasteiger partial charge < -0.3 is 24.5 Å². The fraction of sp³-hybridized carbons (Fsp3) is 0.731. The van der Waals surface area contributed by atoms with Gasteiger partial charge >= 0.3 is 0 Å². The molecule has 2 saturated heterocycles. The monoisotopic (exact) mass is 473 g/mol. The molecule has 0 radical (unpaired) electrons. The van der Waals surface area contributed by atoms with Gasteiger partial charge in [0.1, 0.15) is 11.6 Å². The minimum absolute atomic E-state index is 0.0354. The molecular weight excluding hydrogens is 434 g/mol. The van der Waals surface area contributed by atoms with Crippen molar-refractivity contribution in [2.24, 2.45) is 17.8 Å². The summed E-state index contributed by atoms with van der Waals surface area (Å²) in [5, 5.41) is 10.4. The molecular formula is C26H39N3O5. The molecule has 0 saturated carbocycles. The summed E-state index contributed by atoms with van der Waals surface area (Å²) in [5.74, 6) is -2.30. The second-order valence-corrected chi connectivity index (χ2v) is 11.5. The van der Waals surface area contributed by atoms with E-state index in [9.17, 15) is 19.5 Å². The second kappa shape index (κ2) is 8.19. The number of likely N-dealkylation sites (N-methyl/N-ethyl adjacent to an activating group) is 1. The van der Waals surface area contributed by atoms with Gasteiger partial charge in [0.05, 0.1) is 30.1 Å². The number of fused-ring (bicyclic) bond motifs is 2. The number of hydrogen-bond acceptors (Lipinski definition) is 5. The Morgan fingerprint density at radius 3 is 2.32 bits per heavy atom. The van der Waals surface area contributed by atoms with E-state index in [0.717, 1.165) is 6.42 Å². The van der Waals surface area contributed by atoms with Crippen LogP contribution in [0.1, 0.15) is 48.0 Å². The summed E-state index contributed by atoms with van der Waals surface area (Å²) < 4.78 is 6.77. The number of carbonyl (C=O) groups is 3. The molecule has 0 aromatic rings. The Hall–Kier alpha value is -2.19. The molecule has 4 aliphatic rings. The molecule has 188 valence electrons. The Morgan fingerprint density at radius 1 is 1.09 bits per heavy atom. The van der Waals surface area contributed by atoms with Crippen LogP contribution in [0.15, 0.2) is 24.3 Å². The van der Waals surface area contributed by atoms with Gasteiger partial charge in [-0.1, -0.05) is 44.6 Å². The molecule has 7 atom stereocenters. The van der Waals surface area contributed by atoms with Gasteiger partial charge in [0, 0.05) is 25.7 Å². The summed E-state index contributed by atoms with van der Waals surface area (Å²) in [6.07, 6.45) is 8.27. The number of likely N-dealkylation sites (tertiary alicyclic amines) is 1. The highest BCUT2D eigenvalue weighted by atomic mass is 16.5. The van der Waals surface area contributed by atoms with Gasteiger partial charge in [-0.25, -0.2) is 0 Å². The molecule has 2 fully saturated rings. The molecule has 0 aromatic carbocycles. The van der Waals surface area contributed by atoms with Crippen LogP contribution < -0.4 is 0 Å². The fourth-order valence-electron chi connectivity index (χ4n) is 6.36. The lowest BCUT2D eigenvalue weighted by Crippen LogP contribution is -2.62. The summed E-state index contributed by atoms with van der Waals surface area (Å²) in [6.45, 7) is 12.3. The standard InChI is InChI=1S/C26H39N3O5/c1-8-16(2)17(15-30)29-20-23(33)28(24(3,4)5)14-10-12-26(20)19(22(29)32)18-21(31)27(7)13-9-11-25(18,6)34-26/h9-12,16-20,30H,8,13-15H2,1-7H3/t16-,17-,18-,19-,20?,25+,26-/m0/s1. The van der Waals surface area contributed by atoms with Crippen LogP contribution in [-0.2, 0) is 19.1 Å². The van der Waals surface area contributed by atoms with E-state index in [1.165, 1.54) is 0 Å². The van der Waals surface area contributed by atoms with Gasteiger partial charge in [0.15, 0.2) is 0 Å². The van der Waals surface area contributed by atoms with Crippen LogP contribution in [0, 0.1) is 17.8 Å². The van der Waals surface area contributed by atoms with E-state index in [-0.39, 0.29) is 30.2 Å². The van der Waals surface area contributed by atoms with Crippen molar-refractivity contribution in [1.29, 1.82) is 0 Å². The molecule has 34 heavy (non-hydrogen) atoms. The van der Waals surface area contributed by atoms with Crippen molar-refractivity contribution in [3.63, 3.8) is 0 Å². The molecule has 1 spiro atoms. The van der Waals surface area contributed by atoms with Crippen LogP contribution in [-0.4, -0.2) is 93.1 Å². The van der Waals surface area contributed by atoms with Gasteiger partial charge in [-0.2, -0.15) is 0 Å². The molecule has 1 N–H and O–H groups in total. The van der Waals surface area contributed by atoms with E-state index in [2.05, 4.69) is 0 Å².